The summed E-state index contributed by atoms with van der Waals surface area (Å²) in [5.41, 5.74) is 2.68. The summed E-state index contributed by atoms with van der Waals surface area (Å²) in [6.07, 6.45) is 0. The molecule has 0 bridgehead atoms. The van der Waals surface area contributed by atoms with Crippen LogP contribution in [0.1, 0.15) is 32.5 Å². The number of nitrogens with one attached hydrogen (secondary N) is 1. The van der Waals surface area contributed by atoms with Gasteiger partial charge in [-0.25, -0.2) is 0 Å². The van der Waals surface area contributed by atoms with Gasteiger partial charge in [0, 0.05) is 12.7 Å². The molecule has 0 spiro atoms. The van der Waals surface area contributed by atoms with Gasteiger partial charge in [-0.2, -0.15) is 0 Å². The highest BCUT2D eigenvalue weighted by Gasteiger charge is 2.21. The summed E-state index contributed by atoms with van der Waals surface area (Å²) in [6.45, 7) is 1.78. The lowest BCUT2D eigenvalue weighted by Crippen LogP contribution is -2.29. The van der Waals surface area contributed by atoms with Crippen molar-refractivity contribution in [2.24, 2.45) is 7.05 Å². The predicted octanol–water partition coefficient (Wildman–Crippen LogP) is 3.27. The number of carbonyl (C=O) groups excluding carboxylic acids is 1. The molecule has 2 aromatic carbocycles. The third-order valence-electron chi connectivity index (χ3n) is 4.04. The van der Waals surface area contributed by atoms with E-state index >= 15 is 0 Å². The van der Waals surface area contributed by atoms with Gasteiger partial charge < -0.3 is 9.88 Å². The predicted molar refractivity (Wildman–Crippen MR) is 96.5 cm³/mol. The van der Waals surface area contributed by atoms with Crippen LogP contribution in [0.2, 0.25) is 0 Å². The summed E-state index contributed by atoms with van der Waals surface area (Å²) in [5.74, 6) is -0.229. The van der Waals surface area contributed by atoms with Crippen LogP contribution in [0.15, 0.2) is 65.5 Å². The van der Waals surface area contributed by atoms with Gasteiger partial charge >= 0.3 is 4.87 Å². The molecule has 1 N–H and O–H groups in total. The fraction of sp³-hybridized carbons (Fsp3) is 0.158. The second-order valence-corrected chi connectivity index (χ2v) is 6.53. The molecule has 0 aliphatic rings. The smallest absolute Gasteiger partial charge is 0.307 e. The van der Waals surface area contributed by atoms with Gasteiger partial charge in [-0.1, -0.05) is 72.0 Å². The van der Waals surface area contributed by atoms with Crippen molar-refractivity contribution in [1.82, 2.24) is 9.88 Å². The molecule has 1 amide bonds. The van der Waals surface area contributed by atoms with Gasteiger partial charge in [0.15, 0.2) is 0 Å². The van der Waals surface area contributed by atoms with E-state index in [2.05, 4.69) is 5.32 Å². The van der Waals surface area contributed by atoms with Gasteiger partial charge in [0.1, 0.15) is 4.88 Å². The lowest BCUT2D eigenvalue weighted by Gasteiger charge is -2.19. The number of thiazole rings is 1. The third kappa shape index (κ3) is 3.16. The number of hydrogen-bond acceptors (Lipinski definition) is 3. The Hall–Kier alpha value is -2.66. The first kappa shape index (κ1) is 16.2. The van der Waals surface area contributed by atoms with E-state index < -0.39 is 0 Å². The molecule has 0 fully saturated rings. The number of rotatable bonds is 4. The summed E-state index contributed by atoms with van der Waals surface area (Å²) in [5, 5.41) is 3.07. The average molecular weight is 338 g/mol. The number of hydrogen-bond donors (Lipinski definition) is 1. The highest BCUT2D eigenvalue weighted by atomic mass is 32.1. The van der Waals surface area contributed by atoms with Crippen LogP contribution in [-0.2, 0) is 7.05 Å². The van der Waals surface area contributed by atoms with Crippen LogP contribution in [0, 0.1) is 6.92 Å². The molecular weight excluding hydrogens is 320 g/mol. The molecule has 0 saturated heterocycles. The average Bonchev–Trinajstić information content (AvgIpc) is 2.88. The normalized spacial score (nSPS) is 10.8. The van der Waals surface area contributed by atoms with Gasteiger partial charge in [0.2, 0.25) is 0 Å². The molecule has 122 valence electrons. The molecule has 24 heavy (non-hydrogen) atoms. The Bertz CT molecular complexity index is 859. The van der Waals surface area contributed by atoms with Gasteiger partial charge in [0.25, 0.3) is 5.91 Å². The maximum absolute atomic E-state index is 12.7. The van der Waals surface area contributed by atoms with E-state index in [0.717, 1.165) is 22.5 Å². The Kier molecular flexibility index (Phi) is 4.62. The monoisotopic (exact) mass is 338 g/mol. The summed E-state index contributed by atoms with van der Waals surface area (Å²) >= 11 is 0.977. The number of benzene rings is 2. The van der Waals surface area contributed by atoms with Crippen LogP contribution in [0.3, 0.4) is 0 Å². The molecule has 0 aliphatic carbocycles. The minimum Gasteiger partial charge on any atom is -0.340 e. The maximum atomic E-state index is 12.7. The Labute approximate surface area is 144 Å². The van der Waals surface area contributed by atoms with Crippen molar-refractivity contribution in [2.45, 2.75) is 13.0 Å². The Morgan fingerprint density at radius 3 is 1.92 bits per heavy atom. The van der Waals surface area contributed by atoms with Gasteiger partial charge in [-0.05, 0) is 18.1 Å². The molecule has 3 aromatic rings. The molecule has 0 saturated carbocycles. The quantitative estimate of drug-likeness (QED) is 0.794. The Morgan fingerprint density at radius 2 is 1.50 bits per heavy atom. The second-order valence-electron chi connectivity index (χ2n) is 5.57. The SMILES string of the molecule is Cc1c(C(=O)NC(c2ccccc2)c2ccccc2)sc(=O)n1C. The van der Waals surface area contributed by atoms with Crippen LogP contribution >= 0.6 is 11.3 Å². The maximum Gasteiger partial charge on any atom is 0.307 e. The molecule has 5 heteroatoms. The summed E-state index contributed by atoms with van der Waals surface area (Å²) < 4.78 is 1.50. The molecule has 0 aliphatic heterocycles. The zero-order chi connectivity index (χ0) is 17.1. The van der Waals surface area contributed by atoms with E-state index in [-0.39, 0.29) is 16.8 Å². The van der Waals surface area contributed by atoms with Crippen molar-refractivity contribution < 1.29 is 4.79 Å². The zero-order valence-corrected chi connectivity index (χ0v) is 14.3. The van der Waals surface area contributed by atoms with E-state index in [9.17, 15) is 9.59 Å². The van der Waals surface area contributed by atoms with Crippen molar-refractivity contribution >= 4 is 17.2 Å². The van der Waals surface area contributed by atoms with Crippen molar-refractivity contribution in [3.63, 3.8) is 0 Å². The van der Waals surface area contributed by atoms with E-state index in [0.29, 0.717) is 10.6 Å². The largest absolute Gasteiger partial charge is 0.340 e. The number of amides is 1. The van der Waals surface area contributed by atoms with Crippen LogP contribution in [0.25, 0.3) is 0 Å². The first-order chi connectivity index (χ1) is 11.6. The van der Waals surface area contributed by atoms with Crippen molar-refractivity contribution in [1.29, 1.82) is 0 Å². The van der Waals surface area contributed by atoms with Gasteiger partial charge in [-0.15, -0.1) is 0 Å². The number of carbonyl (C=O) groups is 1. The topological polar surface area (TPSA) is 51.1 Å². The van der Waals surface area contributed by atoms with Crippen LogP contribution in [0.4, 0.5) is 0 Å². The van der Waals surface area contributed by atoms with Crippen LogP contribution in [0.5, 0.6) is 0 Å². The number of aromatic nitrogens is 1. The fourth-order valence-electron chi connectivity index (χ4n) is 2.58. The molecule has 0 unspecified atom stereocenters. The van der Waals surface area contributed by atoms with E-state index in [4.69, 9.17) is 0 Å². The van der Waals surface area contributed by atoms with Crippen LogP contribution < -0.4 is 10.2 Å². The highest BCUT2D eigenvalue weighted by Crippen LogP contribution is 2.23. The van der Waals surface area contributed by atoms with Gasteiger partial charge in [-0.3, -0.25) is 9.59 Å². The second kappa shape index (κ2) is 6.84. The summed E-state index contributed by atoms with van der Waals surface area (Å²) in [4.78, 5) is 24.9. The lowest BCUT2D eigenvalue weighted by molar-refractivity contribution is 0.0946. The van der Waals surface area contributed by atoms with E-state index in [1.54, 1.807) is 14.0 Å². The minimum atomic E-state index is -0.262. The molecule has 1 aromatic heterocycles. The Balaban J connectivity index is 1.97. The number of nitrogens with zero attached hydrogens (tertiary/aromatic N) is 1. The van der Waals surface area contributed by atoms with Crippen molar-refractivity contribution in [3.05, 3.63) is 92.0 Å². The van der Waals surface area contributed by atoms with Crippen LogP contribution in [-0.4, -0.2) is 10.5 Å². The fourth-order valence-corrected chi connectivity index (χ4v) is 3.46. The first-order valence-electron chi connectivity index (χ1n) is 7.65. The molecule has 0 radical (unpaired) electrons. The summed E-state index contributed by atoms with van der Waals surface area (Å²) in [6, 6.07) is 19.4. The Morgan fingerprint density at radius 1 is 1.00 bits per heavy atom. The molecule has 0 atom stereocenters. The van der Waals surface area contributed by atoms with E-state index in [1.165, 1.54) is 4.57 Å². The van der Waals surface area contributed by atoms with Gasteiger partial charge in [0.05, 0.1) is 6.04 Å². The standard InChI is InChI=1S/C19H18N2O2S/c1-13-17(24-19(23)21(13)2)18(22)20-16(14-9-5-3-6-10-14)15-11-7-4-8-12-15/h3-12,16H,1-2H3,(H,20,22). The zero-order valence-electron chi connectivity index (χ0n) is 13.5. The third-order valence-corrected chi connectivity index (χ3v) is 5.18. The highest BCUT2D eigenvalue weighted by molar-refractivity contribution is 7.11. The summed E-state index contributed by atoms with van der Waals surface area (Å²) in [7, 11) is 1.68. The molecule has 1 heterocycles. The first-order valence-corrected chi connectivity index (χ1v) is 8.46. The molecule has 4 nitrogen and oxygen atoms in total. The van der Waals surface area contributed by atoms with Crippen molar-refractivity contribution in [3.8, 4) is 0 Å². The molecular formula is C19H18N2O2S. The minimum absolute atomic E-state index is 0.131. The molecule has 3 rings (SSSR count). The van der Waals surface area contributed by atoms with E-state index in [1.807, 2.05) is 60.7 Å². The lowest BCUT2D eigenvalue weighted by atomic mass is 9.98. The van der Waals surface area contributed by atoms with Crippen molar-refractivity contribution in [2.75, 3.05) is 0 Å².